The van der Waals surface area contributed by atoms with E-state index >= 15 is 0 Å². The fourth-order valence-corrected chi connectivity index (χ4v) is 12.0. The van der Waals surface area contributed by atoms with Crippen LogP contribution in [0.3, 0.4) is 0 Å². The van der Waals surface area contributed by atoms with E-state index in [4.69, 9.17) is 46.0 Å². The molecular formula is C59H49Cl2F9N2O13P2S. The molecule has 466 valence electrons. The van der Waals surface area contributed by atoms with Crippen molar-refractivity contribution in [1.29, 1.82) is 0 Å². The predicted molar refractivity (Wildman–Crippen MR) is 304 cm³/mol. The Morgan fingerprint density at radius 3 is 1.34 bits per heavy atom. The van der Waals surface area contributed by atoms with Crippen molar-refractivity contribution >= 4 is 72.1 Å². The Hall–Kier alpha value is -6.86. The number of cyclic esters (lactones) is 2. The first-order valence-electron chi connectivity index (χ1n) is 26.2. The van der Waals surface area contributed by atoms with Gasteiger partial charge >= 0.3 is 55.4 Å². The summed E-state index contributed by atoms with van der Waals surface area (Å²) < 4.78 is 206. The van der Waals surface area contributed by atoms with Crippen LogP contribution in [0.15, 0.2) is 158 Å². The van der Waals surface area contributed by atoms with Crippen LogP contribution < -0.4 is 10.2 Å². The summed E-state index contributed by atoms with van der Waals surface area (Å²) in [5, 5.41) is 2.32. The topological polar surface area (TPSA) is 182 Å². The average Bonchev–Trinajstić information content (AvgIpc) is 1.22. The molecule has 29 heteroatoms. The highest BCUT2D eigenvalue weighted by Crippen LogP contribution is 2.56. The highest BCUT2D eigenvalue weighted by Gasteiger charge is 2.64. The average molecular weight is 1330 g/mol. The number of anilines is 2. The molecule has 0 bridgehead atoms. The number of fused-ring (bicyclic) bond motifs is 2. The van der Waals surface area contributed by atoms with Gasteiger partial charge in [-0.15, -0.1) is 0 Å². The van der Waals surface area contributed by atoms with Crippen molar-refractivity contribution in [3.05, 3.63) is 201 Å². The van der Waals surface area contributed by atoms with E-state index in [2.05, 4.69) is 37.9 Å². The van der Waals surface area contributed by atoms with Gasteiger partial charge in [-0.3, -0.25) is 23.5 Å². The zero-order chi connectivity index (χ0) is 63.6. The molecule has 15 nitrogen and oxygen atoms in total. The maximum Gasteiger partial charge on any atom is 0.523 e. The lowest BCUT2D eigenvalue weighted by molar-refractivity contribution is -0.240. The molecule has 88 heavy (non-hydrogen) atoms. The van der Waals surface area contributed by atoms with Gasteiger partial charge in [-0.25, -0.2) is 9.59 Å². The third-order valence-corrected chi connectivity index (χ3v) is 17.6. The molecule has 2 aliphatic heterocycles. The molecule has 1 N–H and O–H groups in total. The van der Waals surface area contributed by atoms with E-state index in [0.717, 1.165) is 29.9 Å². The first kappa shape index (κ1) is 67.1. The number of hydrogen-bond donors (Lipinski definition) is 1. The number of nitrogens with zero attached hydrogens (tertiary/aromatic N) is 1. The molecule has 0 spiro atoms. The predicted octanol–water partition coefficient (Wildman–Crippen LogP) is 16.6. The molecule has 2 atom stereocenters. The third-order valence-electron chi connectivity index (χ3n) is 12.8. The van der Waals surface area contributed by atoms with Gasteiger partial charge in [-0.05, 0) is 96.2 Å². The summed E-state index contributed by atoms with van der Waals surface area (Å²) in [6.07, 6.45) is -11.8. The number of nitrogens with one attached hydrogen (secondary N) is 1. The van der Waals surface area contributed by atoms with Gasteiger partial charge in [0.25, 0.3) is 11.2 Å². The van der Waals surface area contributed by atoms with Crippen LogP contribution in [-0.2, 0) is 88.6 Å². The summed E-state index contributed by atoms with van der Waals surface area (Å²) in [5.74, 6) is 9.18. The monoisotopic (exact) mass is 1330 g/mol. The highest BCUT2D eigenvalue weighted by molar-refractivity contribution is 7.87. The largest absolute Gasteiger partial charge is 0.523 e. The standard InChI is InChI=1S/C29H24ClF3NO5P.C16H16F3O6PS.C14H9ClF3NO2/c30-24-13-14-26-25(17-24)28(29(31,32)33,16-15-21-11-12-21)39-27(35)34(26)20-40(36,37-18-22-7-3-1-4-8-22)38-19-23-9-5-2-6-10-23;17-16(18,19)27(21,22)25-13-26(20,23-11-14-7-3-1-4-8-14)24-12-15-9-5-2-6-10-15;15-9-3-4-11-10(7-9)13(14(16,17)18,21-12(20)19-11)6-5-8-1-2-8/h1-10,13-14,17,21H,11-12,18-20H2;1-10H,11-13H2;3-4,7-8H,1-2H2,(H,19,20)/t28-;;13-/m0.0/s1. The Morgan fingerprint density at radius 1 is 0.557 bits per heavy atom. The summed E-state index contributed by atoms with van der Waals surface area (Å²) in [6.45, 7) is -0.768. The molecule has 6 aromatic rings. The molecule has 4 aliphatic rings. The number of alkyl halides is 9. The summed E-state index contributed by atoms with van der Waals surface area (Å²) >= 11 is 11.9. The Balaban J connectivity index is 0.000000181. The van der Waals surface area contributed by atoms with Crippen LogP contribution in [0.4, 0.5) is 60.5 Å². The second kappa shape index (κ2) is 27.9. The zero-order valence-electron chi connectivity index (χ0n) is 45.5. The van der Waals surface area contributed by atoms with Crippen molar-refractivity contribution in [3.63, 3.8) is 0 Å². The van der Waals surface area contributed by atoms with Crippen molar-refractivity contribution in [2.24, 2.45) is 11.8 Å². The van der Waals surface area contributed by atoms with Crippen molar-refractivity contribution < 1.29 is 98.4 Å². The number of benzene rings is 6. The number of ether oxygens (including phenoxy) is 2. The van der Waals surface area contributed by atoms with Crippen LogP contribution in [-0.4, -0.2) is 51.1 Å². The van der Waals surface area contributed by atoms with E-state index in [-0.39, 0.29) is 65.2 Å². The molecule has 2 aliphatic carbocycles. The van der Waals surface area contributed by atoms with Gasteiger partial charge in [0, 0.05) is 33.0 Å². The second-order valence-electron chi connectivity index (χ2n) is 19.7. The number of halogens is 11. The Bertz CT molecular complexity index is 3700. The fraction of sp³-hybridized carbons (Fsp3) is 0.288. The highest BCUT2D eigenvalue weighted by atomic mass is 35.5. The quantitative estimate of drug-likeness (QED) is 0.0300. The SMILES string of the molecule is O=C1Nc2ccc(Cl)cc2[C@@](C#CC2CC2)(C(F)(F)F)O1.O=C1O[C@](C#CC2CC2)(C(F)(F)F)c2cc(Cl)ccc2N1CP(=O)(OCc1ccccc1)OCc1ccccc1.O=P(COS(=O)(=O)C(F)(F)F)(OCc1ccccc1)OCc1ccccc1. The van der Waals surface area contributed by atoms with E-state index in [1.54, 1.807) is 121 Å². The molecular weight excluding hydrogens is 1280 g/mol. The van der Waals surface area contributed by atoms with Gasteiger partial charge in [-0.1, -0.05) is 156 Å². The lowest BCUT2D eigenvalue weighted by Gasteiger charge is -2.40. The van der Waals surface area contributed by atoms with Crippen molar-refractivity contribution in [1.82, 2.24) is 0 Å². The third kappa shape index (κ3) is 17.5. The molecule has 0 aromatic heterocycles. The summed E-state index contributed by atoms with van der Waals surface area (Å²) in [7, 11) is -14.4. The van der Waals surface area contributed by atoms with E-state index in [0.29, 0.717) is 35.1 Å². The summed E-state index contributed by atoms with van der Waals surface area (Å²) in [4.78, 5) is 25.6. The smallest absolute Gasteiger partial charge is 0.415 e. The van der Waals surface area contributed by atoms with E-state index in [1.165, 1.54) is 24.3 Å². The lowest BCUT2D eigenvalue weighted by atomic mass is 9.89. The van der Waals surface area contributed by atoms with Gasteiger partial charge < -0.3 is 27.6 Å². The molecule has 2 amide bonds. The minimum absolute atomic E-state index is 0.00179. The molecule has 6 aromatic carbocycles. The normalized spacial score (nSPS) is 18.3. The Kier molecular flexibility index (Phi) is 21.3. The van der Waals surface area contributed by atoms with E-state index < -0.39 is 84.8 Å². The summed E-state index contributed by atoms with van der Waals surface area (Å²) in [6, 6.07) is 41.9. The Labute approximate surface area is 508 Å². The zero-order valence-corrected chi connectivity index (χ0v) is 49.6. The molecule has 0 saturated heterocycles. The molecule has 0 unspecified atom stereocenters. The van der Waals surface area contributed by atoms with Crippen molar-refractivity contribution in [2.75, 3.05) is 22.9 Å². The number of amides is 2. The van der Waals surface area contributed by atoms with Crippen LogP contribution in [0, 0.1) is 35.5 Å². The Morgan fingerprint density at radius 2 is 0.943 bits per heavy atom. The molecule has 10 rings (SSSR count). The number of carbonyl (C=O) groups excluding carboxylic acids is 2. The molecule has 2 saturated carbocycles. The van der Waals surface area contributed by atoms with Crippen LogP contribution in [0.5, 0.6) is 0 Å². The first-order chi connectivity index (χ1) is 41.5. The van der Waals surface area contributed by atoms with Gasteiger partial charge in [0.1, 0.15) is 6.29 Å². The van der Waals surface area contributed by atoms with Crippen LogP contribution in [0.2, 0.25) is 10.0 Å². The number of rotatable bonds is 17. The molecule has 0 radical (unpaired) electrons. The first-order valence-corrected chi connectivity index (χ1v) is 31.8. The van der Waals surface area contributed by atoms with Crippen LogP contribution in [0.25, 0.3) is 0 Å². The summed E-state index contributed by atoms with van der Waals surface area (Å²) in [5.41, 5.74) is -10.3. The fourth-order valence-electron chi connectivity index (χ4n) is 7.95. The number of carbonyl (C=O) groups is 2. The van der Waals surface area contributed by atoms with Crippen molar-refractivity contribution in [3.8, 4) is 23.7 Å². The van der Waals surface area contributed by atoms with Crippen molar-refractivity contribution in [2.45, 2.75) is 81.2 Å². The van der Waals surface area contributed by atoms with E-state index in [1.807, 2.05) is 0 Å². The van der Waals surface area contributed by atoms with Gasteiger partial charge in [0.05, 0.1) is 37.8 Å². The van der Waals surface area contributed by atoms with Gasteiger partial charge in [0.2, 0.25) is 0 Å². The lowest BCUT2D eigenvalue weighted by Crippen LogP contribution is -2.53. The van der Waals surface area contributed by atoms with Gasteiger partial charge in [0.15, 0.2) is 6.35 Å². The van der Waals surface area contributed by atoms with Crippen LogP contribution in [0.1, 0.15) is 59.1 Å². The minimum Gasteiger partial charge on any atom is -0.415 e. The minimum atomic E-state index is -5.93. The molecule has 2 heterocycles. The second-order valence-corrected chi connectivity index (χ2v) is 26.2. The van der Waals surface area contributed by atoms with Gasteiger partial charge in [-0.2, -0.15) is 47.9 Å². The maximum atomic E-state index is 14.6. The molecule has 2 fully saturated rings. The number of hydrogen-bond acceptors (Lipinski definition) is 13. The van der Waals surface area contributed by atoms with E-state index in [9.17, 15) is 66.7 Å². The maximum absolute atomic E-state index is 14.6. The van der Waals surface area contributed by atoms with Crippen LogP contribution >= 0.6 is 38.4 Å².